The molecule has 0 aromatic carbocycles. The Morgan fingerprint density at radius 3 is 2.58 bits per heavy atom. The molecule has 0 aliphatic rings. The highest BCUT2D eigenvalue weighted by atomic mass is 15.1. The van der Waals surface area contributed by atoms with Crippen molar-refractivity contribution in [3.63, 3.8) is 0 Å². The molecule has 4 aromatic rings. The van der Waals surface area contributed by atoms with Gasteiger partial charge < -0.3 is 5.32 Å². The zero-order valence-corrected chi connectivity index (χ0v) is 14.5. The molecular weight excluding hydrogens is 326 g/mol. The molecule has 7 nitrogen and oxygen atoms in total. The summed E-state index contributed by atoms with van der Waals surface area (Å²) in [5.74, 6) is 0.707. The Morgan fingerprint density at radius 2 is 1.81 bits per heavy atom. The van der Waals surface area contributed by atoms with Crippen LogP contribution in [-0.4, -0.2) is 30.1 Å². The smallest absolute Gasteiger partial charge is 0.164 e. The van der Waals surface area contributed by atoms with Crippen LogP contribution in [0.5, 0.6) is 0 Å². The van der Waals surface area contributed by atoms with Crippen molar-refractivity contribution >= 4 is 16.9 Å². The number of hydrogen-bond acceptors (Lipinski definition) is 7. The minimum absolute atomic E-state index is 0.520. The van der Waals surface area contributed by atoms with E-state index < -0.39 is 0 Å². The molecule has 0 bridgehead atoms. The Labute approximate surface area is 150 Å². The van der Waals surface area contributed by atoms with E-state index in [1.807, 2.05) is 50.4 Å². The highest BCUT2D eigenvalue weighted by Crippen LogP contribution is 2.24. The van der Waals surface area contributed by atoms with Crippen molar-refractivity contribution in [2.24, 2.45) is 0 Å². The number of nitrogens with one attached hydrogen (secondary N) is 1. The fourth-order valence-electron chi connectivity index (χ4n) is 2.56. The van der Waals surface area contributed by atoms with Gasteiger partial charge in [-0.15, -0.1) is 0 Å². The van der Waals surface area contributed by atoms with Crippen LogP contribution < -0.4 is 5.32 Å². The van der Waals surface area contributed by atoms with Crippen LogP contribution in [0.3, 0.4) is 0 Å². The summed E-state index contributed by atoms with van der Waals surface area (Å²) in [7, 11) is 0. The largest absolute Gasteiger partial charge is 0.364 e. The zero-order valence-electron chi connectivity index (χ0n) is 14.5. The zero-order chi connectivity index (χ0) is 17.9. The molecule has 0 saturated carbocycles. The van der Waals surface area contributed by atoms with Crippen LogP contribution in [0.2, 0.25) is 0 Å². The maximum Gasteiger partial charge on any atom is 0.164 e. The first-order valence-corrected chi connectivity index (χ1v) is 8.26. The van der Waals surface area contributed by atoms with Gasteiger partial charge in [-0.05, 0) is 43.7 Å². The maximum atomic E-state index is 4.47. The number of pyridine rings is 2. The quantitative estimate of drug-likeness (QED) is 0.609. The number of aryl methyl sites for hydroxylation is 2. The van der Waals surface area contributed by atoms with Crippen molar-refractivity contribution in [1.29, 1.82) is 0 Å². The molecule has 0 aliphatic heterocycles. The van der Waals surface area contributed by atoms with Crippen LogP contribution in [-0.2, 0) is 6.54 Å². The Kier molecular flexibility index (Phi) is 4.18. The van der Waals surface area contributed by atoms with Gasteiger partial charge in [-0.25, -0.2) is 15.0 Å². The molecule has 0 unspecified atom stereocenters. The average molecular weight is 343 g/mol. The fraction of sp³-hybridized carbons (Fsp3) is 0.158. The van der Waals surface area contributed by atoms with Crippen LogP contribution in [0.15, 0.2) is 49.1 Å². The summed E-state index contributed by atoms with van der Waals surface area (Å²) in [6.45, 7) is 4.44. The van der Waals surface area contributed by atoms with Crippen molar-refractivity contribution in [1.82, 2.24) is 30.1 Å². The van der Waals surface area contributed by atoms with Gasteiger partial charge in [0.25, 0.3) is 0 Å². The fourth-order valence-corrected chi connectivity index (χ4v) is 2.56. The van der Waals surface area contributed by atoms with Gasteiger partial charge in [0.05, 0.1) is 29.0 Å². The Morgan fingerprint density at radius 1 is 0.885 bits per heavy atom. The lowest BCUT2D eigenvalue weighted by Crippen LogP contribution is -2.05. The van der Waals surface area contributed by atoms with Gasteiger partial charge in [0.15, 0.2) is 5.65 Å². The highest BCUT2D eigenvalue weighted by molar-refractivity contribution is 5.89. The third-order valence-electron chi connectivity index (χ3n) is 3.99. The molecule has 7 heteroatoms. The molecular formula is C19H17N7. The molecule has 128 valence electrons. The number of nitrogens with zero attached hydrogens (tertiary/aromatic N) is 6. The van der Waals surface area contributed by atoms with Crippen molar-refractivity contribution in [2.45, 2.75) is 20.4 Å². The summed E-state index contributed by atoms with van der Waals surface area (Å²) >= 11 is 0. The molecule has 0 amide bonds. The SMILES string of the molecule is Cc1ccc(-c2cnc3ncnc(NCc4ccc(C)nn4)c3c2)nc1. The third-order valence-corrected chi connectivity index (χ3v) is 3.99. The van der Waals surface area contributed by atoms with E-state index in [1.165, 1.54) is 6.33 Å². The van der Waals surface area contributed by atoms with Crippen LogP contribution in [0.4, 0.5) is 5.82 Å². The van der Waals surface area contributed by atoms with Crippen molar-refractivity contribution in [3.05, 3.63) is 66.0 Å². The van der Waals surface area contributed by atoms with Gasteiger partial charge >= 0.3 is 0 Å². The predicted molar refractivity (Wildman–Crippen MR) is 99.4 cm³/mol. The van der Waals surface area contributed by atoms with Crippen LogP contribution in [0, 0.1) is 13.8 Å². The first-order chi connectivity index (χ1) is 12.7. The van der Waals surface area contributed by atoms with Crippen LogP contribution in [0.1, 0.15) is 17.0 Å². The summed E-state index contributed by atoms with van der Waals surface area (Å²) in [6, 6.07) is 9.90. The Hall–Kier alpha value is -3.48. The molecule has 0 radical (unpaired) electrons. The van der Waals surface area contributed by atoms with E-state index in [-0.39, 0.29) is 0 Å². The third kappa shape index (κ3) is 3.32. The number of hydrogen-bond donors (Lipinski definition) is 1. The van der Waals surface area contributed by atoms with E-state index >= 15 is 0 Å². The van der Waals surface area contributed by atoms with E-state index in [9.17, 15) is 0 Å². The minimum atomic E-state index is 0.520. The second-order valence-corrected chi connectivity index (χ2v) is 6.06. The summed E-state index contributed by atoms with van der Waals surface area (Å²) in [4.78, 5) is 17.5. The maximum absolute atomic E-state index is 4.47. The van der Waals surface area contributed by atoms with E-state index in [2.05, 4.69) is 35.5 Å². The van der Waals surface area contributed by atoms with Gasteiger partial charge in [0, 0.05) is 18.0 Å². The normalized spacial score (nSPS) is 10.8. The number of fused-ring (bicyclic) bond motifs is 1. The Balaban J connectivity index is 1.66. The van der Waals surface area contributed by atoms with E-state index in [1.54, 1.807) is 6.20 Å². The summed E-state index contributed by atoms with van der Waals surface area (Å²) in [5.41, 5.74) is 5.27. The van der Waals surface area contributed by atoms with Crippen molar-refractivity contribution < 1.29 is 0 Å². The molecule has 1 N–H and O–H groups in total. The second-order valence-electron chi connectivity index (χ2n) is 6.06. The van der Waals surface area contributed by atoms with Crippen LogP contribution in [0.25, 0.3) is 22.3 Å². The molecule has 0 atom stereocenters. The monoisotopic (exact) mass is 343 g/mol. The number of anilines is 1. The first kappa shape index (κ1) is 16.0. The Bertz CT molecular complexity index is 1040. The van der Waals surface area contributed by atoms with Crippen LogP contribution >= 0.6 is 0 Å². The highest BCUT2D eigenvalue weighted by Gasteiger charge is 2.08. The standard InChI is InChI=1S/C19H17N7/c1-12-3-6-17(20-8-12)14-7-16-18(21-9-14)23-11-24-19(16)22-10-15-5-4-13(2)25-26-15/h3-9,11H,10H2,1-2H3,(H,21,22,23,24). The summed E-state index contributed by atoms with van der Waals surface area (Å²) in [6.07, 6.45) is 5.13. The molecule has 0 saturated heterocycles. The topological polar surface area (TPSA) is 89.4 Å². The summed E-state index contributed by atoms with van der Waals surface area (Å²) < 4.78 is 0. The molecule has 26 heavy (non-hydrogen) atoms. The second kappa shape index (κ2) is 6.79. The molecule has 0 fully saturated rings. The predicted octanol–water partition coefficient (Wildman–Crippen LogP) is 3.11. The number of rotatable bonds is 4. The van der Waals surface area contributed by atoms with Gasteiger partial charge in [0.1, 0.15) is 12.1 Å². The van der Waals surface area contributed by atoms with Crippen molar-refractivity contribution in [2.75, 3.05) is 5.32 Å². The molecule has 4 aromatic heterocycles. The van der Waals surface area contributed by atoms with E-state index in [0.29, 0.717) is 18.0 Å². The van der Waals surface area contributed by atoms with Crippen molar-refractivity contribution in [3.8, 4) is 11.3 Å². The van der Waals surface area contributed by atoms with Gasteiger partial charge in [-0.3, -0.25) is 4.98 Å². The average Bonchev–Trinajstić information content (AvgIpc) is 2.68. The van der Waals surface area contributed by atoms with Gasteiger partial charge in [-0.2, -0.15) is 10.2 Å². The lowest BCUT2D eigenvalue weighted by Gasteiger charge is -2.09. The lowest BCUT2D eigenvalue weighted by molar-refractivity contribution is 0.895. The van der Waals surface area contributed by atoms with E-state index in [4.69, 9.17) is 0 Å². The first-order valence-electron chi connectivity index (χ1n) is 8.26. The van der Waals surface area contributed by atoms with Gasteiger partial charge in [0.2, 0.25) is 0 Å². The van der Waals surface area contributed by atoms with E-state index in [0.717, 1.165) is 33.6 Å². The molecule has 0 aliphatic carbocycles. The number of aromatic nitrogens is 6. The minimum Gasteiger partial charge on any atom is -0.364 e. The molecule has 4 heterocycles. The molecule has 0 spiro atoms. The summed E-state index contributed by atoms with van der Waals surface area (Å²) in [5, 5.41) is 12.4. The molecule has 4 rings (SSSR count). The lowest BCUT2D eigenvalue weighted by atomic mass is 10.1. The van der Waals surface area contributed by atoms with Gasteiger partial charge in [-0.1, -0.05) is 6.07 Å².